The Labute approximate surface area is 285 Å². The Morgan fingerprint density at radius 1 is 0.292 bits per heavy atom. The van der Waals surface area contributed by atoms with Crippen molar-refractivity contribution in [1.29, 1.82) is 0 Å². The Balaban J connectivity index is 1.28. The number of rotatable bonds is 9. The first kappa shape index (κ1) is 30.6. The molecule has 3 nitrogen and oxygen atoms in total. The lowest BCUT2D eigenvalue weighted by Crippen LogP contribution is -2.14. The van der Waals surface area contributed by atoms with Gasteiger partial charge in [-0.1, -0.05) is 78.3 Å². The summed E-state index contributed by atoms with van der Waals surface area (Å²) in [5.74, 6) is 0. The van der Waals surface area contributed by atoms with Crippen LogP contribution in [0.25, 0.3) is 0 Å². The van der Waals surface area contributed by atoms with Crippen molar-refractivity contribution in [2.75, 3.05) is 14.7 Å². The van der Waals surface area contributed by atoms with Gasteiger partial charge in [0.2, 0.25) is 0 Å². The lowest BCUT2D eigenvalue weighted by atomic mass is 9.96. The molecule has 0 aliphatic rings. The molecule has 0 N–H and O–H groups in total. The van der Waals surface area contributed by atoms with E-state index in [2.05, 4.69) is 198 Å². The average molecular weight is 618 g/mol. The number of nitrogens with zero attached hydrogens (tertiary/aromatic N) is 3. The van der Waals surface area contributed by atoms with Crippen LogP contribution in [-0.4, -0.2) is 7.85 Å². The molecule has 0 spiro atoms. The summed E-state index contributed by atoms with van der Waals surface area (Å²) in [4.78, 5) is 6.86. The summed E-state index contributed by atoms with van der Waals surface area (Å²) in [5.41, 5.74) is 12.9. The van der Waals surface area contributed by atoms with E-state index in [1.54, 1.807) is 0 Å². The normalized spacial score (nSPS) is 10.8. The highest BCUT2D eigenvalue weighted by atomic mass is 15.2. The van der Waals surface area contributed by atoms with Crippen LogP contribution in [0, 0.1) is 13.8 Å². The number of hydrogen-bond acceptors (Lipinski definition) is 3. The molecular weight excluding hydrogens is 581 g/mol. The Hall–Kier alpha value is -6.00. The molecule has 0 aromatic heterocycles. The van der Waals surface area contributed by atoms with Crippen molar-refractivity contribution in [2.24, 2.45) is 0 Å². The second-order valence-electron chi connectivity index (χ2n) is 12.0. The van der Waals surface area contributed by atoms with Gasteiger partial charge in [-0.25, -0.2) is 0 Å². The van der Waals surface area contributed by atoms with Crippen molar-refractivity contribution in [3.8, 4) is 0 Å². The molecule has 0 amide bonds. The van der Waals surface area contributed by atoms with E-state index in [0.29, 0.717) is 0 Å². The topological polar surface area (TPSA) is 9.72 Å². The highest BCUT2D eigenvalue weighted by molar-refractivity contribution is 6.32. The van der Waals surface area contributed by atoms with Crippen molar-refractivity contribution < 1.29 is 0 Å². The fourth-order valence-electron chi connectivity index (χ4n) is 6.15. The number of para-hydroxylation sites is 2. The first-order valence-electron chi connectivity index (χ1n) is 16.2. The third-order valence-corrected chi connectivity index (χ3v) is 8.43. The van der Waals surface area contributed by atoms with Crippen LogP contribution < -0.4 is 20.2 Å². The fourth-order valence-corrected chi connectivity index (χ4v) is 6.15. The van der Waals surface area contributed by atoms with E-state index in [1.165, 1.54) is 11.1 Å². The molecular formula is C44H36BN3. The van der Waals surface area contributed by atoms with Gasteiger partial charge in [0.15, 0.2) is 0 Å². The molecule has 0 saturated heterocycles. The van der Waals surface area contributed by atoms with Gasteiger partial charge in [-0.15, -0.1) is 0 Å². The van der Waals surface area contributed by atoms with E-state index in [-0.39, 0.29) is 0 Å². The van der Waals surface area contributed by atoms with Crippen LogP contribution in [0.15, 0.2) is 182 Å². The number of benzene rings is 7. The monoisotopic (exact) mass is 617 g/mol. The van der Waals surface area contributed by atoms with Gasteiger partial charge in [0, 0.05) is 51.2 Å². The minimum Gasteiger partial charge on any atom is -0.311 e. The minimum atomic E-state index is 0.734. The summed E-state index contributed by atoms with van der Waals surface area (Å²) in [6, 6.07) is 63.8. The molecule has 7 aromatic carbocycles. The molecule has 0 aliphatic carbocycles. The molecule has 48 heavy (non-hydrogen) atoms. The van der Waals surface area contributed by atoms with Gasteiger partial charge in [-0.3, -0.25) is 0 Å². The highest BCUT2D eigenvalue weighted by Crippen LogP contribution is 2.41. The maximum atomic E-state index is 6.12. The predicted molar refractivity (Wildman–Crippen MR) is 205 cm³/mol. The minimum absolute atomic E-state index is 0.734. The van der Waals surface area contributed by atoms with Gasteiger partial charge < -0.3 is 14.7 Å². The van der Waals surface area contributed by atoms with E-state index >= 15 is 0 Å². The van der Waals surface area contributed by atoms with Crippen LogP contribution >= 0.6 is 0 Å². The smallest absolute Gasteiger partial charge is 0.113 e. The average Bonchev–Trinajstić information content (AvgIpc) is 3.12. The number of hydrogen-bond donors (Lipinski definition) is 0. The molecule has 7 aromatic rings. The van der Waals surface area contributed by atoms with Gasteiger partial charge in [0.25, 0.3) is 0 Å². The lowest BCUT2D eigenvalue weighted by molar-refractivity contribution is 1.24. The van der Waals surface area contributed by atoms with E-state index in [1.807, 2.05) is 12.1 Å². The van der Waals surface area contributed by atoms with Crippen LogP contribution in [0.3, 0.4) is 0 Å². The maximum Gasteiger partial charge on any atom is 0.113 e. The zero-order chi connectivity index (χ0) is 32.9. The molecule has 0 aliphatic heterocycles. The quantitative estimate of drug-likeness (QED) is 0.149. The molecule has 0 fully saturated rings. The molecule has 4 heteroatoms. The highest BCUT2D eigenvalue weighted by Gasteiger charge is 2.18. The summed E-state index contributed by atoms with van der Waals surface area (Å²) in [6.45, 7) is 4.26. The summed E-state index contributed by atoms with van der Waals surface area (Å²) in [5, 5.41) is 0. The summed E-state index contributed by atoms with van der Waals surface area (Å²) in [6.07, 6.45) is 0. The predicted octanol–water partition coefficient (Wildman–Crippen LogP) is 11.5. The maximum absolute atomic E-state index is 6.12. The van der Waals surface area contributed by atoms with Crippen molar-refractivity contribution in [3.05, 3.63) is 193 Å². The van der Waals surface area contributed by atoms with E-state index < -0.39 is 0 Å². The van der Waals surface area contributed by atoms with Gasteiger partial charge in [0.05, 0.1) is 0 Å². The van der Waals surface area contributed by atoms with Gasteiger partial charge in [0.1, 0.15) is 7.85 Å². The Bertz CT molecular complexity index is 1960. The second-order valence-corrected chi connectivity index (χ2v) is 12.0. The third kappa shape index (κ3) is 6.60. The fraction of sp³-hybridized carbons (Fsp3) is 0.0455. The van der Waals surface area contributed by atoms with Crippen LogP contribution in [-0.2, 0) is 0 Å². The van der Waals surface area contributed by atoms with Crippen molar-refractivity contribution in [2.45, 2.75) is 13.8 Å². The molecule has 0 atom stereocenters. The van der Waals surface area contributed by atoms with Crippen LogP contribution in [0.1, 0.15) is 11.1 Å². The summed E-state index contributed by atoms with van der Waals surface area (Å²) < 4.78 is 0. The lowest BCUT2D eigenvalue weighted by Gasteiger charge is -2.29. The standard InChI is InChI=1S/C44H36BN3/c1-33-11-9-17-43(31-33)47(36-13-5-3-6-14-36)41-27-23-39(24-28-41)46(38-21-19-35(45)20-22-38)40-25-29-42(30-26-40)48(37-15-7-4-8-16-37)44-18-10-12-34(2)32-44/h3-32H,1-2H3. The van der Waals surface area contributed by atoms with Gasteiger partial charge in [-0.2, -0.15) is 0 Å². The first-order valence-corrected chi connectivity index (χ1v) is 16.2. The molecule has 0 unspecified atom stereocenters. The SMILES string of the molecule is [B]c1ccc(N(c2ccc(N(c3ccccc3)c3cccc(C)c3)cc2)c2ccc(N(c3ccccc3)c3cccc(C)c3)cc2)cc1. The zero-order valence-electron chi connectivity index (χ0n) is 27.2. The molecule has 0 heterocycles. The summed E-state index contributed by atoms with van der Waals surface area (Å²) in [7, 11) is 6.12. The third-order valence-electron chi connectivity index (χ3n) is 8.43. The number of anilines is 9. The van der Waals surface area contributed by atoms with Crippen molar-refractivity contribution >= 4 is 64.5 Å². The second kappa shape index (κ2) is 13.8. The van der Waals surface area contributed by atoms with E-state index in [4.69, 9.17) is 7.85 Å². The van der Waals surface area contributed by atoms with Crippen LogP contribution in [0.4, 0.5) is 51.2 Å². The summed E-state index contributed by atoms with van der Waals surface area (Å²) >= 11 is 0. The molecule has 2 radical (unpaired) electrons. The molecule has 230 valence electrons. The molecule has 7 rings (SSSR count). The molecule has 0 bridgehead atoms. The Morgan fingerprint density at radius 2 is 0.562 bits per heavy atom. The Morgan fingerprint density at radius 3 is 0.896 bits per heavy atom. The molecule has 0 saturated carbocycles. The first-order chi connectivity index (χ1) is 23.5. The van der Waals surface area contributed by atoms with Gasteiger partial charge >= 0.3 is 0 Å². The van der Waals surface area contributed by atoms with E-state index in [9.17, 15) is 0 Å². The van der Waals surface area contributed by atoms with E-state index in [0.717, 1.165) is 56.6 Å². The largest absolute Gasteiger partial charge is 0.311 e. The van der Waals surface area contributed by atoms with Crippen LogP contribution in [0.5, 0.6) is 0 Å². The van der Waals surface area contributed by atoms with Crippen molar-refractivity contribution in [1.82, 2.24) is 0 Å². The Kier molecular flexibility index (Phi) is 8.80. The van der Waals surface area contributed by atoms with Gasteiger partial charge in [-0.05, 0) is 134 Å². The van der Waals surface area contributed by atoms with Crippen molar-refractivity contribution in [3.63, 3.8) is 0 Å². The van der Waals surface area contributed by atoms with Crippen LogP contribution in [0.2, 0.25) is 0 Å². The number of aryl methyl sites for hydroxylation is 2. The zero-order valence-corrected chi connectivity index (χ0v) is 27.2.